The number of aromatic nitrogens is 3. The van der Waals surface area contributed by atoms with E-state index in [4.69, 9.17) is 11.6 Å². The number of rotatable bonds is 3. The summed E-state index contributed by atoms with van der Waals surface area (Å²) in [5.41, 5.74) is 2.51. The molecule has 2 aromatic heterocycles. The first kappa shape index (κ1) is 14.8. The molecule has 2 unspecified atom stereocenters. The van der Waals surface area contributed by atoms with Crippen LogP contribution in [0.25, 0.3) is 11.2 Å². The molecule has 2 aromatic rings. The van der Waals surface area contributed by atoms with Crippen LogP contribution >= 0.6 is 11.6 Å². The molecule has 0 aromatic carbocycles. The molecule has 0 bridgehead atoms. The molecule has 21 heavy (non-hydrogen) atoms. The molecule has 1 aliphatic rings. The van der Waals surface area contributed by atoms with Crippen LogP contribution in [-0.4, -0.2) is 34.0 Å². The molecule has 1 aliphatic heterocycles. The summed E-state index contributed by atoms with van der Waals surface area (Å²) in [5, 5.41) is -0.643. The summed E-state index contributed by atoms with van der Waals surface area (Å²) in [7, 11) is -3.00. The van der Waals surface area contributed by atoms with Gasteiger partial charge in [0.1, 0.15) is 11.3 Å². The van der Waals surface area contributed by atoms with Crippen molar-refractivity contribution in [1.29, 1.82) is 0 Å². The molecule has 1 fully saturated rings. The maximum Gasteiger partial charge on any atom is 0.160 e. The third-order valence-corrected chi connectivity index (χ3v) is 6.41. The van der Waals surface area contributed by atoms with Gasteiger partial charge in [0.05, 0.1) is 16.4 Å². The van der Waals surface area contributed by atoms with Crippen molar-refractivity contribution in [3.63, 3.8) is 0 Å². The molecule has 2 atom stereocenters. The van der Waals surface area contributed by atoms with Gasteiger partial charge in [-0.15, -0.1) is 11.6 Å². The van der Waals surface area contributed by atoms with Crippen molar-refractivity contribution in [1.82, 2.24) is 14.5 Å². The zero-order valence-corrected chi connectivity index (χ0v) is 13.7. The van der Waals surface area contributed by atoms with E-state index < -0.39 is 9.84 Å². The minimum atomic E-state index is -3.00. The van der Waals surface area contributed by atoms with Gasteiger partial charge in [-0.2, -0.15) is 0 Å². The van der Waals surface area contributed by atoms with E-state index >= 15 is 0 Å². The molecule has 0 saturated carbocycles. The zero-order chi connectivity index (χ0) is 15.2. The highest BCUT2D eigenvalue weighted by molar-refractivity contribution is 7.92. The van der Waals surface area contributed by atoms with E-state index in [0.29, 0.717) is 24.4 Å². The van der Waals surface area contributed by atoms with Crippen molar-refractivity contribution in [2.24, 2.45) is 0 Å². The van der Waals surface area contributed by atoms with E-state index in [2.05, 4.69) is 9.97 Å². The van der Waals surface area contributed by atoms with Gasteiger partial charge in [-0.25, -0.2) is 18.4 Å². The molecular formula is C14H18ClN3O2S. The largest absolute Gasteiger partial charge is 0.310 e. The van der Waals surface area contributed by atoms with Gasteiger partial charge >= 0.3 is 0 Å². The van der Waals surface area contributed by atoms with Crippen molar-refractivity contribution in [2.75, 3.05) is 5.75 Å². The number of halogens is 1. The van der Waals surface area contributed by atoms with Crippen LogP contribution < -0.4 is 0 Å². The van der Waals surface area contributed by atoms with Crippen molar-refractivity contribution >= 4 is 32.6 Å². The third kappa shape index (κ3) is 2.66. The third-order valence-electron chi connectivity index (χ3n) is 3.96. The van der Waals surface area contributed by atoms with Crippen LogP contribution in [0.2, 0.25) is 0 Å². The van der Waals surface area contributed by atoms with Crippen LogP contribution in [0.15, 0.2) is 12.3 Å². The molecule has 3 rings (SSSR count). The Hall–Kier alpha value is -1.14. The first-order valence-electron chi connectivity index (χ1n) is 7.07. The summed E-state index contributed by atoms with van der Waals surface area (Å²) < 4.78 is 26.0. The SMILES string of the molecule is Cc1cnc2c(c1)nc(C(C)Cl)n2CC1CCCS1(=O)=O. The molecule has 7 heteroatoms. The molecular weight excluding hydrogens is 310 g/mol. The lowest BCUT2D eigenvalue weighted by Gasteiger charge is -2.14. The minimum Gasteiger partial charge on any atom is -0.310 e. The maximum absolute atomic E-state index is 12.1. The summed E-state index contributed by atoms with van der Waals surface area (Å²) in [4.78, 5) is 8.96. The van der Waals surface area contributed by atoms with Crippen LogP contribution in [0.1, 0.15) is 36.5 Å². The Bertz CT molecular complexity index is 783. The fraction of sp³-hybridized carbons (Fsp3) is 0.571. The first-order chi connectivity index (χ1) is 9.88. The Labute approximate surface area is 129 Å². The number of hydrogen-bond donors (Lipinski definition) is 0. The predicted octanol–water partition coefficient (Wildman–Crippen LogP) is 2.62. The molecule has 3 heterocycles. The highest BCUT2D eigenvalue weighted by atomic mass is 35.5. The van der Waals surface area contributed by atoms with Crippen LogP contribution in [0.4, 0.5) is 0 Å². The number of fused-ring (bicyclic) bond motifs is 1. The van der Waals surface area contributed by atoms with E-state index in [1.165, 1.54) is 0 Å². The van der Waals surface area contributed by atoms with E-state index in [1.54, 1.807) is 6.20 Å². The van der Waals surface area contributed by atoms with Crippen LogP contribution in [-0.2, 0) is 16.4 Å². The lowest BCUT2D eigenvalue weighted by Crippen LogP contribution is -2.23. The fourth-order valence-electron chi connectivity index (χ4n) is 2.88. The lowest BCUT2D eigenvalue weighted by molar-refractivity contribution is 0.561. The van der Waals surface area contributed by atoms with E-state index in [1.807, 2.05) is 24.5 Å². The number of aryl methyl sites for hydroxylation is 1. The molecule has 1 saturated heterocycles. The van der Waals surface area contributed by atoms with Gasteiger partial charge in [0.25, 0.3) is 0 Å². The zero-order valence-electron chi connectivity index (χ0n) is 12.1. The van der Waals surface area contributed by atoms with Crippen LogP contribution in [0, 0.1) is 6.92 Å². The normalized spacial score (nSPS) is 22.7. The van der Waals surface area contributed by atoms with E-state index in [9.17, 15) is 8.42 Å². The van der Waals surface area contributed by atoms with Crippen molar-refractivity contribution < 1.29 is 8.42 Å². The van der Waals surface area contributed by atoms with Crippen LogP contribution in [0.3, 0.4) is 0 Å². The smallest absolute Gasteiger partial charge is 0.160 e. The Kier molecular flexibility index (Phi) is 3.69. The van der Waals surface area contributed by atoms with Crippen molar-refractivity contribution in [3.05, 3.63) is 23.7 Å². The van der Waals surface area contributed by atoms with Crippen molar-refractivity contribution in [3.8, 4) is 0 Å². The molecule has 0 aliphatic carbocycles. The summed E-state index contributed by atoms with van der Waals surface area (Å²) in [6, 6.07) is 1.95. The summed E-state index contributed by atoms with van der Waals surface area (Å²) in [6.45, 7) is 4.19. The van der Waals surface area contributed by atoms with Gasteiger partial charge in [-0.05, 0) is 38.3 Å². The number of alkyl halides is 1. The highest BCUT2D eigenvalue weighted by Gasteiger charge is 2.33. The summed E-state index contributed by atoms with van der Waals surface area (Å²) in [6.07, 6.45) is 3.20. The second-order valence-electron chi connectivity index (χ2n) is 5.68. The van der Waals surface area contributed by atoms with E-state index in [0.717, 1.165) is 17.5 Å². The summed E-state index contributed by atoms with van der Waals surface area (Å²) in [5.74, 6) is 0.967. The van der Waals surface area contributed by atoms with Gasteiger partial charge in [0.15, 0.2) is 15.5 Å². The minimum absolute atomic E-state index is 0.280. The van der Waals surface area contributed by atoms with Gasteiger partial charge < -0.3 is 4.57 Å². The molecule has 0 N–H and O–H groups in total. The number of nitrogens with zero attached hydrogens (tertiary/aromatic N) is 3. The lowest BCUT2D eigenvalue weighted by atomic mass is 10.2. The molecule has 0 amide bonds. The van der Waals surface area contributed by atoms with Crippen LogP contribution in [0.5, 0.6) is 0 Å². The fourth-order valence-corrected chi connectivity index (χ4v) is 4.85. The van der Waals surface area contributed by atoms with Gasteiger partial charge in [-0.1, -0.05) is 0 Å². The molecule has 5 nitrogen and oxygen atoms in total. The Balaban J connectivity index is 2.09. The molecule has 0 spiro atoms. The molecule has 0 radical (unpaired) electrons. The monoisotopic (exact) mass is 327 g/mol. The molecule has 114 valence electrons. The van der Waals surface area contributed by atoms with Gasteiger partial charge in [-0.3, -0.25) is 0 Å². The highest BCUT2D eigenvalue weighted by Crippen LogP contribution is 2.28. The number of sulfone groups is 1. The Morgan fingerprint density at radius 2 is 2.29 bits per heavy atom. The predicted molar refractivity (Wildman–Crippen MR) is 83.3 cm³/mol. The van der Waals surface area contributed by atoms with E-state index in [-0.39, 0.29) is 16.4 Å². The van der Waals surface area contributed by atoms with Gasteiger partial charge in [0.2, 0.25) is 0 Å². The first-order valence-corrected chi connectivity index (χ1v) is 9.22. The Morgan fingerprint density at radius 1 is 1.52 bits per heavy atom. The maximum atomic E-state index is 12.1. The average molecular weight is 328 g/mol. The Morgan fingerprint density at radius 3 is 2.90 bits per heavy atom. The second-order valence-corrected chi connectivity index (χ2v) is 8.74. The quantitative estimate of drug-likeness (QED) is 0.813. The number of pyridine rings is 1. The standard InChI is InChI=1S/C14H18ClN3O2S/c1-9-6-12-14(16-7-9)18(13(17-12)10(2)15)8-11-4-3-5-21(11,19)20/h6-7,10-11H,3-5,8H2,1-2H3. The number of imidazole rings is 1. The number of hydrogen-bond acceptors (Lipinski definition) is 4. The van der Waals surface area contributed by atoms with Gasteiger partial charge in [0, 0.05) is 12.7 Å². The topological polar surface area (TPSA) is 64.8 Å². The second kappa shape index (κ2) is 5.25. The summed E-state index contributed by atoms with van der Waals surface area (Å²) >= 11 is 6.22. The van der Waals surface area contributed by atoms with Crippen molar-refractivity contribution in [2.45, 2.75) is 43.9 Å². The average Bonchev–Trinajstić information content (AvgIpc) is 2.91.